The summed E-state index contributed by atoms with van der Waals surface area (Å²) in [6, 6.07) is 15.8. The molecule has 0 aliphatic rings. The third kappa shape index (κ3) is 4.82. The fourth-order valence-corrected chi connectivity index (χ4v) is 2.68. The van der Waals surface area contributed by atoms with Crippen molar-refractivity contribution < 1.29 is 4.79 Å². The maximum absolute atomic E-state index is 12.2. The predicted molar refractivity (Wildman–Crippen MR) is 94.2 cm³/mol. The molecule has 1 amide bonds. The molecule has 0 bridgehead atoms. The molecule has 2 aromatic carbocycles. The van der Waals surface area contributed by atoms with Crippen molar-refractivity contribution in [1.82, 2.24) is 10.2 Å². The molecule has 2 rings (SSSR count). The van der Waals surface area contributed by atoms with Gasteiger partial charge in [-0.05, 0) is 66.0 Å². The van der Waals surface area contributed by atoms with Gasteiger partial charge < -0.3 is 10.2 Å². The van der Waals surface area contributed by atoms with Gasteiger partial charge in [0.25, 0.3) is 5.91 Å². The molecule has 0 aliphatic heterocycles. The Labute approximate surface area is 139 Å². The SMILES string of the molecule is CN(C)Cc1ccccc1CNC(=O)c1cccc(I)c1. The quantitative estimate of drug-likeness (QED) is 0.790. The summed E-state index contributed by atoms with van der Waals surface area (Å²) in [6.07, 6.45) is 0. The summed E-state index contributed by atoms with van der Waals surface area (Å²) in [6.45, 7) is 1.42. The summed E-state index contributed by atoms with van der Waals surface area (Å²) in [5, 5.41) is 3.00. The van der Waals surface area contributed by atoms with Crippen LogP contribution in [0.2, 0.25) is 0 Å². The normalized spacial score (nSPS) is 10.7. The molecule has 0 fully saturated rings. The van der Waals surface area contributed by atoms with Crippen LogP contribution in [0.25, 0.3) is 0 Å². The van der Waals surface area contributed by atoms with Gasteiger partial charge in [0.2, 0.25) is 0 Å². The Morgan fingerprint density at radius 2 is 1.81 bits per heavy atom. The second-order valence-corrected chi connectivity index (χ2v) is 6.45. The molecule has 0 aromatic heterocycles. The second kappa shape index (κ2) is 7.56. The smallest absolute Gasteiger partial charge is 0.251 e. The fraction of sp³-hybridized carbons (Fsp3) is 0.235. The van der Waals surface area contributed by atoms with E-state index in [0.29, 0.717) is 12.1 Å². The Morgan fingerprint density at radius 1 is 1.10 bits per heavy atom. The van der Waals surface area contributed by atoms with E-state index in [2.05, 4.69) is 44.9 Å². The standard InChI is InChI=1S/C17H19IN2O/c1-20(2)12-15-7-4-3-6-14(15)11-19-17(21)13-8-5-9-16(18)10-13/h3-10H,11-12H2,1-2H3,(H,19,21). The number of carbonyl (C=O) groups is 1. The first-order valence-electron chi connectivity index (χ1n) is 6.81. The lowest BCUT2D eigenvalue weighted by molar-refractivity contribution is 0.0950. The van der Waals surface area contributed by atoms with Gasteiger partial charge in [-0.15, -0.1) is 0 Å². The first-order chi connectivity index (χ1) is 10.1. The lowest BCUT2D eigenvalue weighted by Crippen LogP contribution is -2.24. The summed E-state index contributed by atoms with van der Waals surface area (Å²) in [5.74, 6) is -0.0341. The zero-order chi connectivity index (χ0) is 15.2. The van der Waals surface area contributed by atoms with Gasteiger partial charge in [-0.3, -0.25) is 4.79 Å². The van der Waals surface area contributed by atoms with E-state index in [1.807, 2.05) is 50.5 Å². The van der Waals surface area contributed by atoms with E-state index < -0.39 is 0 Å². The van der Waals surface area contributed by atoms with Crippen molar-refractivity contribution in [3.05, 3.63) is 68.8 Å². The predicted octanol–water partition coefficient (Wildman–Crippen LogP) is 3.28. The van der Waals surface area contributed by atoms with Gasteiger partial charge in [-0.25, -0.2) is 0 Å². The number of rotatable bonds is 5. The molecule has 0 unspecified atom stereocenters. The van der Waals surface area contributed by atoms with Crippen molar-refractivity contribution in [2.45, 2.75) is 13.1 Å². The number of nitrogens with zero attached hydrogens (tertiary/aromatic N) is 1. The lowest BCUT2D eigenvalue weighted by atomic mass is 10.1. The van der Waals surface area contributed by atoms with Gasteiger partial charge in [0.05, 0.1) is 0 Å². The molecule has 4 heteroatoms. The first-order valence-corrected chi connectivity index (χ1v) is 7.89. The molecule has 21 heavy (non-hydrogen) atoms. The molecule has 0 heterocycles. The molecule has 0 spiro atoms. The number of halogens is 1. The lowest BCUT2D eigenvalue weighted by Gasteiger charge is -2.14. The Balaban J connectivity index is 2.04. The third-order valence-electron chi connectivity index (χ3n) is 3.13. The highest BCUT2D eigenvalue weighted by atomic mass is 127. The average Bonchev–Trinajstić information content (AvgIpc) is 2.45. The molecule has 3 nitrogen and oxygen atoms in total. The van der Waals surface area contributed by atoms with Gasteiger partial charge in [-0.1, -0.05) is 30.3 Å². The van der Waals surface area contributed by atoms with E-state index in [1.54, 1.807) is 0 Å². The number of carbonyl (C=O) groups excluding carboxylic acids is 1. The minimum atomic E-state index is -0.0341. The van der Waals surface area contributed by atoms with E-state index in [4.69, 9.17) is 0 Å². The third-order valence-corrected chi connectivity index (χ3v) is 3.80. The summed E-state index contributed by atoms with van der Waals surface area (Å²) >= 11 is 2.21. The highest BCUT2D eigenvalue weighted by Gasteiger charge is 2.08. The Hall–Kier alpha value is -1.40. The van der Waals surface area contributed by atoms with Crippen LogP contribution in [0.3, 0.4) is 0 Å². The number of hydrogen-bond acceptors (Lipinski definition) is 2. The van der Waals surface area contributed by atoms with Crippen LogP contribution in [-0.2, 0) is 13.1 Å². The number of amides is 1. The van der Waals surface area contributed by atoms with E-state index in [0.717, 1.165) is 15.7 Å². The zero-order valence-corrected chi connectivity index (χ0v) is 14.4. The molecular weight excluding hydrogens is 375 g/mol. The van der Waals surface area contributed by atoms with Crippen molar-refractivity contribution in [2.24, 2.45) is 0 Å². The van der Waals surface area contributed by atoms with Crippen LogP contribution in [0, 0.1) is 3.57 Å². The van der Waals surface area contributed by atoms with Crippen molar-refractivity contribution >= 4 is 28.5 Å². The molecule has 0 saturated carbocycles. The van der Waals surface area contributed by atoms with Crippen LogP contribution in [0.4, 0.5) is 0 Å². The second-order valence-electron chi connectivity index (χ2n) is 5.20. The molecule has 0 radical (unpaired) electrons. The monoisotopic (exact) mass is 394 g/mol. The van der Waals surface area contributed by atoms with Crippen LogP contribution >= 0.6 is 22.6 Å². The summed E-state index contributed by atoms with van der Waals surface area (Å²) < 4.78 is 1.06. The fourth-order valence-electron chi connectivity index (χ4n) is 2.13. The van der Waals surface area contributed by atoms with Gasteiger partial charge in [-0.2, -0.15) is 0 Å². The molecule has 110 valence electrons. The van der Waals surface area contributed by atoms with Gasteiger partial charge in [0.15, 0.2) is 0 Å². The van der Waals surface area contributed by atoms with Crippen molar-refractivity contribution in [3.63, 3.8) is 0 Å². The van der Waals surface area contributed by atoms with Gasteiger partial charge in [0, 0.05) is 22.2 Å². The van der Waals surface area contributed by atoms with E-state index >= 15 is 0 Å². The van der Waals surface area contributed by atoms with Crippen LogP contribution in [0.5, 0.6) is 0 Å². The molecular formula is C17H19IN2O. The van der Waals surface area contributed by atoms with Crippen LogP contribution in [0.15, 0.2) is 48.5 Å². The molecule has 0 aliphatic carbocycles. The van der Waals surface area contributed by atoms with Crippen molar-refractivity contribution in [2.75, 3.05) is 14.1 Å². The molecule has 1 N–H and O–H groups in total. The summed E-state index contributed by atoms with van der Waals surface area (Å²) in [4.78, 5) is 14.3. The van der Waals surface area contributed by atoms with Gasteiger partial charge in [0.1, 0.15) is 0 Å². The Bertz CT molecular complexity index is 626. The molecule has 0 saturated heterocycles. The maximum atomic E-state index is 12.2. The molecule has 0 atom stereocenters. The topological polar surface area (TPSA) is 32.3 Å². The van der Waals surface area contributed by atoms with E-state index in [9.17, 15) is 4.79 Å². The molecule has 2 aromatic rings. The summed E-state index contributed by atoms with van der Waals surface area (Å²) in [5.41, 5.74) is 3.10. The highest BCUT2D eigenvalue weighted by Crippen LogP contribution is 2.11. The van der Waals surface area contributed by atoms with E-state index in [1.165, 1.54) is 5.56 Å². The van der Waals surface area contributed by atoms with Crippen molar-refractivity contribution in [3.8, 4) is 0 Å². The average molecular weight is 394 g/mol. The largest absolute Gasteiger partial charge is 0.348 e. The maximum Gasteiger partial charge on any atom is 0.251 e. The number of hydrogen-bond donors (Lipinski definition) is 1. The highest BCUT2D eigenvalue weighted by molar-refractivity contribution is 14.1. The van der Waals surface area contributed by atoms with Gasteiger partial charge >= 0.3 is 0 Å². The first kappa shape index (κ1) is 16.0. The Kier molecular flexibility index (Phi) is 5.76. The number of nitrogens with one attached hydrogen (secondary N) is 1. The minimum absolute atomic E-state index is 0.0341. The van der Waals surface area contributed by atoms with Crippen LogP contribution in [-0.4, -0.2) is 24.9 Å². The van der Waals surface area contributed by atoms with Crippen LogP contribution < -0.4 is 5.32 Å². The van der Waals surface area contributed by atoms with Crippen molar-refractivity contribution in [1.29, 1.82) is 0 Å². The van der Waals surface area contributed by atoms with Crippen LogP contribution in [0.1, 0.15) is 21.5 Å². The zero-order valence-electron chi connectivity index (χ0n) is 12.3. The summed E-state index contributed by atoms with van der Waals surface area (Å²) in [7, 11) is 4.09. The van der Waals surface area contributed by atoms with E-state index in [-0.39, 0.29) is 5.91 Å². The minimum Gasteiger partial charge on any atom is -0.348 e. The number of benzene rings is 2. The Morgan fingerprint density at radius 3 is 2.48 bits per heavy atom.